The Morgan fingerprint density at radius 2 is 0.525 bits per heavy atom. The smallest absolute Gasteiger partial charge is 0.182 e. The highest BCUT2D eigenvalue weighted by molar-refractivity contribution is 7.24. The minimum atomic E-state index is -2.94. The molecule has 6 heteroatoms. The van der Waals surface area contributed by atoms with Crippen LogP contribution in [0, 0.1) is 11.3 Å². The normalized spacial score (nSPS) is 13.6. The number of fused-ring (bicyclic) bond motifs is 22. The molecular formula is C95H79N5Si. The monoisotopic (exact) mass is 1320 g/mol. The summed E-state index contributed by atoms with van der Waals surface area (Å²) < 4.78 is 10.1. The van der Waals surface area contributed by atoms with Crippen molar-refractivity contribution in [1.29, 1.82) is 5.26 Å². The fraction of sp³-hybridized carbons (Fsp3) is 0.168. The number of nitriles is 1. The summed E-state index contributed by atoms with van der Waals surface area (Å²) in [6, 6.07) is 103. The van der Waals surface area contributed by atoms with E-state index >= 15 is 0 Å². The second-order valence-corrected chi connectivity index (χ2v) is 36.4. The standard InChI is InChI=1S/C95H79N5Si/c1-92(2,3)58-42-46-79-69(52-58)62-27-13-20-34-75(62)97(79)88-74(56-96)89(98-76-35-21-14-28-63(76)70-53-59(93(4,5)6)43-47-80(70)98)91(100-78-37-23-16-30-65(78)72-55-61(95(10,11)12)45-49-82(72)100)87(90(88)99-77-36-22-15-29-64(77)71-54-60(94(7,8)9)44-48-81(71)99)57-41-50-86-73(51-57)68-33-19-26-40-85(68)101(86)83-38-24-17-31-66(83)67-32-18-25-39-84(67)101/h13-55H,1-12H3. The number of rotatable bonds is 5. The van der Waals surface area contributed by atoms with Crippen LogP contribution in [-0.4, -0.2) is 26.3 Å². The van der Waals surface area contributed by atoms with Gasteiger partial charge in [-0.05, 0) is 171 Å². The second kappa shape index (κ2) is 21.2. The maximum Gasteiger partial charge on any atom is 0.182 e. The van der Waals surface area contributed by atoms with Crippen molar-refractivity contribution in [1.82, 2.24) is 18.3 Å². The van der Waals surface area contributed by atoms with Crippen LogP contribution in [0.15, 0.2) is 261 Å². The maximum absolute atomic E-state index is 13.6. The first-order valence-electron chi connectivity index (χ1n) is 35.9. The van der Waals surface area contributed by atoms with E-state index in [4.69, 9.17) is 0 Å². The molecule has 0 radical (unpaired) electrons. The third kappa shape index (κ3) is 8.48. The SMILES string of the molecule is CC(C)(C)c1ccc2c(c1)c1ccccc1n2-c1c(C#N)c(-n2c3ccccc3c3cc(C(C)(C)C)ccc32)c(-n2c3ccccc3c3cc(C(C)(C)C)ccc32)c(-c2ccc3c(c2)-c2ccccc2[Si]32c3ccccc3-c3ccccc32)c1-n1c2ccccc2c2cc(C(C)(C)C)ccc21. The van der Waals surface area contributed by atoms with Gasteiger partial charge in [0.1, 0.15) is 11.6 Å². The maximum atomic E-state index is 13.6. The molecule has 6 heterocycles. The Balaban J connectivity index is 1.12. The van der Waals surface area contributed by atoms with Crippen molar-refractivity contribution in [2.45, 2.75) is 105 Å². The molecule has 488 valence electrons. The van der Waals surface area contributed by atoms with Gasteiger partial charge in [0.25, 0.3) is 0 Å². The largest absolute Gasteiger partial charge is 0.306 e. The molecule has 0 amide bonds. The van der Waals surface area contributed by atoms with Gasteiger partial charge in [-0.3, -0.25) is 0 Å². The van der Waals surface area contributed by atoms with Crippen LogP contribution in [0.5, 0.6) is 0 Å². The van der Waals surface area contributed by atoms with Crippen LogP contribution < -0.4 is 20.7 Å². The lowest BCUT2D eigenvalue weighted by Gasteiger charge is -2.30. The molecule has 0 saturated carbocycles. The van der Waals surface area contributed by atoms with E-state index in [2.05, 4.69) is 368 Å². The van der Waals surface area contributed by atoms with Crippen LogP contribution in [0.2, 0.25) is 0 Å². The summed E-state index contributed by atoms with van der Waals surface area (Å²) in [6.07, 6.45) is 0. The van der Waals surface area contributed by atoms with Crippen LogP contribution >= 0.6 is 0 Å². The van der Waals surface area contributed by atoms with Crippen molar-refractivity contribution in [3.05, 3.63) is 289 Å². The lowest BCUT2D eigenvalue weighted by molar-refractivity contribution is 0.591. The topological polar surface area (TPSA) is 43.5 Å². The molecule has 0 unspecified atom stereocenters. The molecule has 13 aromatic carbocycles. The highest BCUT2D eigenvalue weighted by Crippen LogP contribution is 2.54. The first-order valence-corrected chi connectivity index (χ1v) is 37.9. The van der Waals surface area contributed by atoms with Crippen molar-refractivity contribution < 1.29 is 0 Å². The lowest BCUT2D eigenvalue weighted by Crippen LogP contribution is -2.70. The van der Waals surface area contributed by atoms with Crippen molar-refractivity contribution >= 4 is 116 Å². The number of para-hydroxylation sites is 4. The van der Waals surface area contributed by atoms with E-state index < -0.39 is 8.07 Å². The highest BCUT2D eigenvalue weighted by atomic mass is 28.3. The third-order valence-corrected chi connectivity index (χ3v) is 27.8. The molecule has 0 aliphatic carbocycles. The molecule has 0 fully saturated rings. The second-order valence-electron chi connectivity index (χ2n) is 32.7. The summed E-state index contributed by atoms with van der Waals surface area (Å²) in [4.78, 5) is 0. The minimum Gasteiger partial charge on any atom is -0.306 e. The Morgan fingerprint density at radius 3 is 0.842 bits per heavy atom. The number of hydrogen-bond acceptors (Lipinski definition) is 1. The molecule has 1 spiro atoms. The quantitative estimate of drug-likeness (QED) is 0.158. The molecule has 0 saturated heterocycles. The van der Waals surface area contributed by atoms with Gasteiger partial charge < -0.3 is 18.3 Å². The molecule has 2 aliphatic rings. The van der Waals surface area contributed by atoms with E-state index in [0.717, 1.165) is 121 Å². The zero-order valence-corrected chi connectivity index (χ0v) is 60.6. The molecule has 5 nitrogen and oxygen atoms in total. The van der Waals surface area contributed by atoms with Gasteiger partial charge in [-0.1, -0.05) is 265 Å². The van der Waals surface area contributed by atoms with Crippen LogP contribution in [0.4, 0.5) is 0 Å². The predicted molar refractivity (Wildman–Crippen MR) is 430 cm³/mol. The predicted octanol–water partition coefficient (Wildman–Crippen LogP) is 22.1. The summed E-state index contributed by atoms with van der Waals surface area (Å²) in [5.74, 6) is 0. The average molecular weight is 1320 g/mol. The van der Waals surface area contributed by atoms with Gasteiger partial charge in [-0.15, -0.1) is 0 Å². The summed E-state index contributed by atoms with van der Waals surface area (Å²) in [5.41, 5.74) is 23.9. The van der Waals surface area contributed by atoms with Crippen molar-refractivity contribution in [2.24, 2.45) is 0 Å². The van der Waals surface area contributed by atoms with Crippen molar-refractivity contribution in [2.75, 3.05) is 0 Å². The average Bonchev–Trinajstić information content (AvgIpc) is 1.54. The number of nitrogens with zero attached hydrogens (tertiary/aromatic N) is 5. The van der Waals surface area contributed by atoms with Crippen molar-refractivity contribution in [3.8, 4) is 62.2 Å². The molecule has 17 aromatic rings. The van der Waals surface area contributed by atoms with Gasteiger partial charge in [0.05, 0.1) is 66.9 Å². The molecule has 0 N–H and O–H groups in total. The molecular weight excluding hydrogens is 1240 g/mol. The molecule has 4 aromatic heterocycles. The first kappa shape index (κ1) is 60.9. The van der Waals surface area contributed by atoms with Crippen LogP contribution in [0.3, 0.4) is 0 Å². The Hall–Kier alpha value is -11.2. The zero-order chi connectivity index (χ0) is 69.1. The van der Waals surface area contributed by atoms with Crippen LogP contribution in [0.25, 0.3) is 143 Å². The lowest BCUT2D eigenvalue weighted by atomic mass is 9.86. The van der Waals surface area contributed by atoms with Gasteiger partial charge in [0.15, 0.2) is 8.07 Å². The zero-order valence-electron chi connectivity index (χ0n) is 59.6. The van der Waals surface area contributed by atoms with Crippen LogP contribution in [0.1, 0.15) is 111 Å². The summed E-state index contributed by atoms with van der Waals surface area (Å²) in [6.45, 7) is 27.7. The number of benzene rings is 13. The number of aromatic nitrogens is 4. The fourth-order valence-electron chi connectivity index (χ4n) is 17.9. The Bertz CT molecular complexity index is 6180. The highest BCUT2D eigenvalue weighted by Gasteiger charge is 2.54. The Morgan fingerprint density at radius 1 is 0.257 bits per heavy atom. The van der Waals surface area contributed by atoms with E-state index in [1.165, 1.54) is 65.3 Å². The van der Waals surface area contributed by atoms with E-state index in [1.807, 2.05) is 0 Å². The Labute approximate surface area is 591 Å². The molecule has 2 aliphatic heterocycles. The van der Waals surface area contributed by atoms with Crippen molar-refractivity contribution in [3.63, 3.8) is 0 Å². The molecule has 19 rings (SSSR count). The summed E-state index contributed by atoms with van der Waals surface area (Å²) >= 11 is 0. The van der Waals surface area contributed by atoms with E-state index in [0.29, 0.717) is 5.56 Å². The molecule has 101 heavy (non-hydrogen) atoms. The van der Waals surface area contributed by atoms with E-state index in [-0.39, 0.29) is 21.7 Å². The van der Waals surface area contributed by atoms with Crippen LogP contribution in [-0.2, 0) is 21.7 Å². The van der Waals surface area contributed by atoms with E-state index in [9.17, 15) is 5.26 Å². The van der Waals surface area contributed by atoms with E-state index in [1.54, 1.807) is 0 Å². The molecule has 0 atom stereocenters. The summed E-state index contributed by atoms with van der Waals surface area (Å²) in [7, 11) is -2.94. The third-order valence-electron chi connectivity index (χ3n) is 22.8. The van der Waals surface area contributed by atoms with Gasteiger partial charge in [0, 0.05) is 48.7 Å². The molecule has 0 bridgehead atoms. The first-order chi connectivity index (χ1) is 48.6. The Kier molecular flexibility index (Phi) is 12.8. The van der Waals surface area contributed by atoms with Gasteiger partial charge in [-0.2, -0.15) is 5.26 Å². The van der Waals surface area contributed by atoms with Gasteiger partial charge in [-0.25, -0.2) is 0 Å². The number of hydrogen-bond donors (Lipinski definition) is 0. The van der Waals surface area contributed by atoms with Gasteiger partial charge >= 0.3 is 0 Å². The van der Waals surface area contributed by atoms with Gasteiger partial charge in [0.2, 0.25) is 0 Å². The summed E-state index contributed by atoms with van der Waals surface area (Å²) in [5, 5.41) is 28.4. The fourth-order valence-corrected chi connectivity index (χ4v) is 23.5. The minimum absolute atomic E-state index is 0.146.